The number of aliphatic hydroxyl groups is 8. The first kappa shape index (κ1) is 34.4. The van der Waals surface area contributed by atoms with Gasteiger partial charge in [0.05, 0.1) is 25.3 Å². The van der Waals surface area contributed by atoms with Crippen LogP contribution < -0.4 is 9.47 Å². The molecule has 0 bridgehead atoms. The maximum absolute atomic E-state index is 11.4. The Balaban J connectivity index is 1.54. The van der Waals surface area contributed by atoms with E-state index in [-0.39, 0.29) is 40.1 Å². The van der Waals surface area contributed by atoms with Crippen LogP contribution in [0.25, 0.3) is 6.08 Å². The Labute approximate surface area is 266 Å². The van der Waals surface area contributed by atoms with Gasteiger partial charge in [0.15, 0.2) is 17.3 Å². The van der Waals surface area contributed by atoms with Crippen molar-refractivity contribution in [1.82, 2.24) is 0 Å². The van der Waals surface area contributed by atoms with E-state index in [1.165, 1.54) is 37.5 Å². The van der Waals surface area contributed by atoms with E-state index >= 15 is 0 Å². The van der Waals surface area contributed by atoms with Gasteiger partial charge in [0, 0.05) is 19.1 Å². The van der Waals surface area contributed by atoms with Crippen molar-refractivity contribution in [3.05, 3.63) is 47.2 Å². The molecule has 47 heavy (non-hydrogen) atoms. The number of phenols is 2. The molecule has 5 rings (SSSR count). The first-order valence-electron chi connectivity index (χ1n) is 14.5. The number of ether oxygens (including phenoxy) is 7. The number of hydrogen-bond acceptors (Lipinski definition) is 16. The molecule has 0 aliphatic carbocycles. The second-order valence-electron chi connectivity index (χ2n) is 11.1. The Morgan fingerprint density at radius 1 is 0.830 bits per heavy atom. The zero-order valence-corrected chi connectivity index (χ0v) is 25.1. The third-order valence-electron chi connectivity index (χ3n) is 7.91. The fourth-order valence-corrected chi connectivity index (χ4v) is 5.35. The second-order valence-corrected chi connectivity index (χ2v) is 11.1. The van der Waals surface area contributed by atoms with Gasteiger partial charge < -0.3 is 79.1 Å². The van der Waals surface area contributed by atoms with Crippen LogP contribution in [0.5, 0.6) is 28.7 Å². The Morgan fingerprint density at radius 2 is 1.47 bits per heavy atom. The van der Waals surface area contributed by atoms with Crippen LogP contribution in [-0.2, 0) is 23.7 Å². The van der Waals surface area contributed by atoms with Crippen LogP contribution in [0.1, 0.15) is 24.2 Å². The maximum Gasteiger partial charge on any atom is 0.302 e. The number of fused-ring (bicyclic) bond motifs is 1. The maximum atomic E-state index is 11.4. The molecule has 3 aliphatic rings. The van der Waals surface area contributed by atoms with Crippen molar-refractivity contribution in [3.63, 3.8) is 0 Å². The number of esters is 1. The number of hydrogen-bond donors (Lipinski definition) is 9. The number of methoxy groups -OCH3 is 1. The van der Waals surface area contributed by atoms with Gasteiger partial charge in [0.1, 0.15) is 72.5 Å². The van der Waals surface area contributed by atoms with Crippen molar-refractivity contribution in [2.24, 2.45) is 0 Å². The highest BCUT2D eigenvalue weighted by Crippen LogP contribution is 2.47. The van der Waals surface area contributed by atoms with E-state index in [1.54, 1.807) is 0 Å². The van der Waals surface area contributed by atoms with E-state index < -0.39 is 86.7 Å². The molecule has 2 aromatic carbocycles. The topological polar surface area (TPSA) is 267 Å². The highest BCUT2D eigenvalue weighted by Gasteiger charge is 2.48. The van der Waals surface area contributed by atoms with Crippen molar-refractivity contribution in [3.8, 4) is 28.7 Å². The molecule has 2 fully saturated rings. The Hall–Kier alpha value is -3.91. The molecular weight excluding hydrogens is 632 g/mol. The number of benzene rings is 2. The van der Waals surface area contributed by atoms with Crippen LogP contribution in [0.15, 0.2) is 36.1 Å². The monoisotopic (exact) mass is 669 g/mol. The quantitative estimate of drug-likeness (QED) is 0.103. The van der Waals surface area contributed by atoms with Gasteiger partial charge in [-0.3, -0.25) is 4.79 Å². The molecule has 0 amide bonds. The van der Waals surface area contributed by atoms with Gasteiger partial charge in [0.2, 0.25) is 12.6 Å². The number of aromatic hydroxyl groups is 3. The molecule has 17 heteroatoms. The summed E-state index contributed by atoms with van der Waals surface area (Å²) in [5, 5.41) is 93.0. The molecular formula is C30H37O17+. The largest absolute Gasteiger partial charge is 0.571 e. The van der Waals surface area contributed by atoms with Gasteiger partial charge in [-0.1, -0.05) is 0 Å². The van der Waals surface area contributed by atoms with Crippen molar-refractivity contribution >= 4 is 12.0 Å². The summed E-state index contributed by atoms with van der Waals surface area (Å²) in [5.74, 6) is -1.17. The molecule has 2 aromatic rings. The van der Waals surface area contributed by atoms with Crippen molar-refractivity contribution in [2.75, 3.05) is 20.3 Å². The first-order valence-corrected chi connectivity index (χ1v) is 14.5. The number of phenolic OH excluding ortho intramolecular Hbond substituents is 2. The number of rotatable bonds is 9. The van der Waals surface area contributed by atoms with Gasteiger partial charge >= 0.3 is 5.97 Å². The minimum Gasteiger partial charge on any atom is -0.571 e. The lowest BCUT2D eigenvalue weighted by molar-refractivity contribution is -0.296. The molecule has 0 aromatic heterocycles. The van der Waals surface area contributed by atoms with E-state index in [2.05, 4.69) is 4.74 Å². The Bertz CT molecular complexity index is 1460. The molecule has 0 radical (unpaired) electrons. The van der Waals surface area contributed by atoms with Crippen molar-refractivity contribution < 1.29 is 83.9 Å². The summed E-state index contributed by atoms with van der Waals surface area (Å²) in [5.41, 5.74) is 0.526. The molecule has 3 aliphatic heterocycles. The SMILES string of the molecule is COc1cc(C2[OH+]c3cc(O)cc(O[C@@H]4O[C@H](CO)[C@@H](O)[C@H](O)[C@H]4O)c3C=C2O[C@@H]2O[C@H](COC(C)=O)[C@@H](O)[C@H](O)[C@H]2O)ccc1O. The summed E-state index contributed by atoms with van der Waals surface area (Å²) < 4.78 is 37.9. The fourth-order valence-electron chi connectivity index (χ4n) is 5.35. The Morgan fingerprint density at radius 3 is 2.11 bits per heavy atom. The van der Waals surface area contributed by atoms with Crippen LogP contribution in [0.3, 0.4) is 0 Å². The lowest BCUT2D eigenvalue weighted by Gasteiger charge is -2.41. The zero-order valence-electron chi connectivity index (χ0n) is 25.1. The van der Waals surface area contributed by atoms with Crippen LogP contribution in [0.4, 0.5) is 0 Å². The predicted octanol–water partition coefficient (Wildman–Crippen LogP) is -1.99. The lowest BCUT2D eigenvalue weighted by atomic mass is 9.98. The average Bonchev–Trinajstić information content (AvgIpc) is 3.04. The summed E-state index contributed by atoms with van der Waals surface area (Å²) in [6.07, 6.45) is -15.9. The van der Waals surface area contributed by atoms with Crippen molar-refractivity contribution in [1.29, 1.82) is 0 Å². The number of carbonyl (C=O) groups excluding carboxylic acids is 1. The molecule has 11 atom stereocenters. The van der Waals surface area contributed by atoms with Gasteiger partial charge in [-0.15, -0.1) is 0 Å². The van der Waals surface area contributed by atoms with Crippen LogP contribution in [0, 0.1) is 0 Å². The van der Waals surface area contributed by atoms with Crippen LogP contribution in [0.2, 0.25) is 0 Å². The highest BCUT2D eigenvalue weighted by atomic mass is 16.7. The fraction of sp³-hybridized carbons (Fsp3) is 0.500. The minimum atomic E-state index is -1.81. The lowest BCUT2D eigenvalue weighted by Crippen LogP contribution is -2.60. The summed E-state index contributed by atoms with van der Waals surface area (Å²) in [6, 6.07) is 6.74. The first-order chi connectivity index (χ1) is 22.3. The molecule has 3 heterocycles. The highest BCUT2D eigenvalue weighted by molar-refractivity contribution is 5.70. The molecule has 0 saturated carbocycles. The van der Waals surface area contributed by atoms with E-state index in [0.29, 0.717) is 5.56 Å². The predicted molar refractivity (Wildman–Crippen MR) is 154 cm³/mol. The zero-order chi connectivity index (χ0) is 34.2. The Kier molecular flexibility index (Phi) is 10.3. The summed E-state index contributed by atoms with van der Waals surface area (Å²) in [6.45, 7) is -0.0452. The number of carbonyl (C=O) groups is 1. The van der Waals surface area contributed by atoms with E-state index in [0.717, 1.165) is 13.0 Å². The number of aliphatic hydroxyl groups excluding tert-OH is 7. The molecule has 258 valence electrons. The van der Waals surface area contributed by atoms with E-state index in [1.807, 2.05) is 0 Å². The molecule has 1 unspecified atom stereocenters. The summed E-state index contributed by atoms with van der Waals surface area (Å²) in [7, 11) is 1.34. The average molecular weight is 670 g/mol. The normalized spacial score (nSPS) is 33.6. The summed E-state index contributed by atoms with van der Waals surface area (Å²) in [4.78, 5) is 11.4. The molecule has 10 N–H and O–H groups in total. The van der Waals surface area contributed by atoms with Gasteiger partial charge in [-0.05, 0) is 18.2 Å². The van der Waals surface area contributed by atoms with Gasteiger partial charge in [0.25, 0.3) is 11.9 Å². The summed E-state index contributed by atoms with van der Waals surface area (Å²) >= 11 is 0. The third-order valence-corrected chi connectivity index (χ3v) is 7.91. The van der Waals surface area contributed by atoms with Crippen molar-refractivity contribution in [2.45, 2.75) is 74.4 Å². The smallest absolute Gasteiger partial charge is 0.302 e. The second kappa shape index (κ2) is 14.1. The van der Waals surface area contributed by atoms with E-state index in [9.17, 15) is 50.8 Å². The van der Waals surface area contributed by atoms with Crippen LogP contribution in [-0.4, -0.2) is 138 Å². The van der Waals surface area contributed by atoms with Crippen LogP contribution >= 0.6 is 0 Å². The molecule has 17 nitrogen and oxygen atoms in total. The molecule has 2 saturated heterocycles. The van der Waals surface area contributed by atoms with Gasteiger partial charge in [-0.25, -0.2) is 0 Å². The standard InChI is InChI=1S/C30H36O17/c1-11(32)42-10-21-23(36)25(38)27(40)30(47-21)45-19-8-14-16(43-28(19)12-3-4-15(34)18(5-12)41-2)6-13(33)7-17(14)44-29-26(39)24(37)22(35)20(9-31)46-29/h3-8,20-31,33-40H,9-10H2,1-2H3/p+1/t20-,21-,22-,23-,24+,25+,26-,27-,28?,29-,30-/m1/s1. The van der Waals surface area contributed by atoms with Gasteiger partial charge in [-0.2, -0.15) is 0 Å². The minimum absolute atomic E-state index is 0.0477. The third kappa shape index (κ3) is 7.03. The van der Waals surface area contributed by atoms with E-state index in [4.69, 9.17) is 28.4 Å². The molecule has 0 spiro atoms.